The first kappa shape index (κ1) is 15.4. The number of hydrogen-bond donors (Lipinski definition) is 1. The Hall–Kier alpha value is -3.11. The number of carbonyl (C=O) groups is 1. The van der Waals surface area contributed by atoms with Gasteiger partial charge >= 0.3 is 0 Å². The lowest BCUT2D eigenvalue weighted by Crippen LogP contribution is -2.31. The SMILES string of the molecule is O=C(NOCc1ccccc1)C1c2ccccc2Oc2ccccc21. The topological polar surface area (TPSA) is 47.6 Å². The van der Waals surface area contributed by atoms with E-state index in [0.29, 0.717) is 18.1 Å². The van der Waals surface area contributed by atoms with Crippen molar-refractivity contribution in [1.29, 1.82) is 0 Å². The summed E-state index contributed by atoms with van der Waals surface area (Å²) in [5.74, 6) is 0.727. The highest BCUT2D eigenvalue weighted by atomic mass is 16.6. The number of fused-ring (bicyclic) bond motifs is 2. The largest absolute Gasteiger partial charge is 0.457 e. The third-order valence-electron chi connectivity index (χ3n) is 4.20. The number of hydrogen-bond acceptors (Lipinski definition) is 3. The number of amides is 1. The molecule has 0 unspecified atom stereocenters. The molecule has 4 heteroatoms. The highest BCUT2D eigenvalue weighted by Crippen LogP contribution is 2.43. The lowest BCUT2D eigenvalue weighted by Gasteiger charge is -2.27. The highest BCUT2D eigenvalue weighted by Gasteiger charge is 2.32. The molecule has 0 fully saturated rings. The van der Waals surface area contributed by atoms with Crippen LogP contribution in [0.3, 0.4) is 0 Å². The summed E-state index contributed by atoms with van der Waals surface area (Å²) in [5.41, 5.74) is 5.25. The number of carbonyl (C=O) groups excluding carboxylic acids is 1. The Balaban J connectivity index is 1.55. The summed E-state index contributed by atoms with van der Waals surface area (Å²) in [5, 5.41) is 0. The number of benzene rings is 3. The van der Waals surface area contributed by atoms with Crippen molar-refractivity contribution >= 4 is 5.91 Å². The molecular weight excluding hydrogens is 314 g/mol. The van der Waals surface area contributed by atoms with E-state index in [1.54, 1.807) is 0 Å². The van der Waals surface area contributed by atoms with Crippen molar-refractivity contribution in [2.45, 2.75) is 12.5 Å². The van der Waals surface area contributed by atoms with E-state index in [1.165, 1.54) is 0 Å². The summed E-state index contributed by atoms with van der Waals surface area (Å²) in [4.78, 5) is 18.2. The number of hydroxylamine groups is 1. The Kier molecular flexibility index (Phi) is 4.19. The number of nitrogens with one attached hydrogen (secondary N) is 1. The quantitative estimate of drug-likeness (QED) is 0.730. The van der Waals surface area contributed by atoms with Gasteiger partial charge in [0.1, 0.15) is 11.5 Å². The third-order valence-corrected chi connectivity index (χ3v) is 4.20. The summed E-state index contributed by atoms with van der Waals surface area (Å²) in [6.45, 7) is 0.319. The maximum absolute atomic E-state index is 12.8. The Morgan fingerprint density at radius 3 is 2.04 bits per heavy atom. The van der Waals surface area contributed by atoms with Gasteiger partial charge in [0.2, 0.25) is 0 Å². The number of rotatable bonds is 4. The molecule has 3 aromatic carbocycles. The van der Waals surface area contributed by atoms with Gasteiger partial charge in [-0.1, -0.05) is 66.7 Å². The van der Waals surface area contributed by atoms with Crippen molar-refractivity contribution in [1.82, 2.24) is 5.48 Å². The molecule has 0 atom stereocenters. The van der Waals surface area contributed by atoms with Crippen LogP contribution in [0.5, 0.6) is 11.5 Å². The van der Waals surface area contributed by atoms with E-state index < -0.39 is 5.92 Å². The zero-order valence-electron chi connectivity index (χ0n) is 13.5. The van der Waals surface area contributed by atoms with Crippen LogP contribution in [0.4, 0.5) is 0 Å². The molecule has 3 aromatic rings. The normalized spacial score (nSPS) is 12.6. The second kappa shape index (κ2) is 6.79. The van der Waals surface area contributed by atoms with E-state index >= 15 is 0 Å². The van der Waals surface area contributed by atoms with Gasteiger partial charge in [-0.3, -0.25) is 9.63 Å². The minimum absolute atomic E-state index is 0.209. The van der Waals surface area contributed by atoms with E-state index in [1.807, 2.05) is 78.9 Å². The Labute approximate surface area is 146 Å². The fourth-order valence-electron chi connectivity index (χ4n) is 3.02. The van der Waals surface area contributed by atoms with Gasteiger partial charge in [0.05, 0.1) is 12.5 Å². The molecule has 0 bridgehead atoms. The van der Waals surface area contributed by atoms with Crippen LogP contribution in [0.25, 0.3) is 0 Å². The molecule has 4 rings (SSSR count). The van der Waals surface area contributed by atoms with E-state index in [0.717, 1.165) is 16.7 Å². The second-order valence-electron chi connectivity index (χ2n) is 5.85. The number of para-hydroxylation sites is 2. The van der Waals surface area contributed by atoms with Crippen LogP contribution in [0, 0.1) is 0 Å². The summed E-state index contributed by atoms with van der Waals surface area (Å²) < 4.78 is 5.91. The second-order valence-corrected chi connectivity index (χ2v) is 5.85. The third kappa shape index (κ3) is 3.12. The average molecular weight is 331 g/mol. The highest BCUT2D eigenvalue weighted by molar-refractivity contribution is 5.88. The first-order valence-electron chi connectivity index (χ1n) is 8.14. The minimum Gasteiger partial charge on any atom is -0.457 e. The molecule has 0 radical (unpaired) electrons. The Morgan fingerprint density at radius 2 is 1.40 bits per heavy atom. The summed E-state index contributed by atoms with van der Waals surface area (Å²) in [6.07, 6.45) is 0. The van der Waals surface area contributed by atoms with Gasteiger partial charge in [0, 0.05) is 11.1 Å². The lowest BCUT2D eigenvalue weighted by molar-refractivity contribution is -0.135. The van der Waals surface area contributed by atoms with E-state index in [2.05, 4.69) is 5.48 Å². The first-order chi connectivity index (χ1) is 12.3. The average Bonchev–Trinajstić information content (AvgIpc) is 2.66. The standard InChI is InChI=1S/C21H17NO3/c23-21(22-24-14-15-8-2-1-3-9-15)20-16-10-4-6-12-18(16)25-19-13-7-5-11-17(19)20/h1-13,20H,14H2,(H,22,23). The molecule has 25 heavy (non-hydrogen) atoms. The van der Waals surface area contributed by atoms with Gasteiger partial charge in [0.15, 0.2) is 0 Å². The van der Waals surface area contributed by atoms with Gasteiger partial charge < -0.3 is 4.74 Å². The molecule has 0 aromatic heterocycles. The summed E-state index contributed by atoms with van der Waals surface area (Å²) in [7, 11) is 0. The first-order valence-corrected chi connectivity index (χ1v) is 8.14. The molecule has 1 aliphatic heterocycles. The predicted octanol–water partition coefficient (Wildman–Crippen LogP) is 4.17. The fraction of sp³-hybridized carbons (Fsp3) is 0.0952. The monoisotopic (exact) mass is 331 g/mol. The van der Waals surface area contributed by atoms with Crippen LogP contribution in [0.2, 0.25) is 0 Å². The van der Waals surface area contributed by atoms with E-state index in [-0.39, 0.29) is 5.91 Å². The van der Waals surface area contributed by atoms with Crippen LogP contribution in [-0.2, 0) is 16.2 Å². The molecular formula is C21H17NO3. The zero-order chi connectivity index (χ0) is 17.1. The van der Waals surface area contributed by atoms with Crippen molar-refractivity contribution in [2.24, 2.45) is 0 Å². The van der Waals surface area contributed by atoms with Gasteiger partial charge in [-0.2, -0.15) is 0 Å². The number of ether oxygens (including phenoxy) is 1. The van der Waals surface area contributed by atoms with Gasteiger partial charge in [-0.15, -0.1) is 0 Å². The van der Waals surface area contributed by atoms with Crippen LogP contribution in [-0.4, -0.2) is 5.91 Å². The van der Waals surface area contributed by atoms with Crippen molar-refractivity contribution in [3.05, 3.63) is 95.6 Å². The Bertz CT molecular complexity index is 847. The maximum Gasteiger partial charge on any atom is 0.255 e. The molecule has 4 nitrogen and oxygen atoms in total. The fourth-order valence-corrected chi connectivity index (χ4v) is 3.02. The zero-order valence-corrected chi connectivity index (χ0v) is 13.5. The van der Waals surface area contributed by atoms with Gasteiger partial charge in [-0.05, 0) is 17.7 Å². The molecule has 1 amide bonds. The van der Waals surface area contributed by atoms with Gasteiger partial charge in [-0.25, -0.2) is 5.48 Å². The van der Waals surface area contributed by atoms with E-state index in [4.69, 9.17) is 9.57 Å². The molecule has 0 aliphatic carbocycles. The molecule has 1 aliphatic rings. The van der Waals surface area contributed by atoms with Crippen LogP contribution in [0.15, 0.2) is 78.9 Å². The van der Waals surface area contributed by atoms with Crippen molar-refractivity contribution in [3.63, 3.8) is 0 Å². The molecule has 1 heterocycles. The summed E-state index contributed by atoms with van der Waals surface area (Å²) >= 11 is 0. The smallest absolute Gasteiger partial charge is 0.255 e. The molecule has 0 saturated heterocycles. The van der Waals surface area contributed by atoms with Crippen LogP contribution in [0.1, 0.15) is 22.6 Å². The van der Waals surface area contributed by atoms with Crippen molar-refractivity contribution in [2.75, 3.05) is 0 Å². The molecule has 0 saturated carbocycles. The molecule has 0 spiro atoms. The van der Waals surface area contributed by atoms with E-state index in [9.17, 15) is 4.79 Å². The maximum atomic E-state index is 12.8. The molecule has 1 N–H and O–H groups in total. The van der Waals surface area contributed by atoms with Gasteiger partial charge in [0.25, 0.3) is 5.91 Å². The van der Waals surface area contributed by atoms with Crippen molar-refractivity contribution in [3.8, 4) is 11.5 Å². The Morgan fingerprint density at radius 1 is 0.840 bits per heavy atom. The molecule has 124 valence electrons. The van der Waals surface area contributed by atoms with Crippen LogP contribution < -0.4 is 10.2 Å². The summed E-state index contributed by atoms with van der Waals surface area (Å²) in [6, 6.07) is 24.9. The van der Waals surface area contributed by atoms with Crippen molar-refractivity contribution < 1.29 is 14.4 Å². The van der Waals surface area contributed by atoms with Crippen LogP contribution >= 0.6 is 0 Å². The lowest BCUT2D eigenvalue weighted by atomic mass is 9.87. The predicted molar refractivity (Wildman–Crippen MR) is 94.2 cm³/mol. The minimum atomic E-state index is -0.461.